The van der Waals surface area contributed by atoms with E-state index in [0.717, 1.165) is 64.7 Å². The molecule has 0 unspecified atom stereocenters. The molecule has 2 aliphatic heterocycles. The average Bonchev–Trinajstić information content (AvgIpc) is 2.68. The molecule has 1 saturated carbocycles. The van der Waals surface area contributed by atoms with Crippen molar-refractivity contribution in [3.05, 3.63) is 0 Å². The van der Waals surface area contributed by atoms with Crippen molar-refractivity contribution in [3.8, 4) is 0 Å². The first-order chi connectivity index (χ1) is 14.1. The molecule has 1 aliphatic carbocycles. The Labute approximate surface area is 183 Å². The molecule has 2 saturated heterocycles. The van der Waals surface area contributed by atoms with Crippen LogP contribution in [0.5, 0.6) is 0 Å². The molecule has 7 nitrogen and oxygen atoms in total. The second-order valence-corrected chi connectivity index (χ2v) is 10.7. The van der Waals surface area contributed by atoms with Crippen molar-refractivity contribution < 1.29 is 15.8 Å². The van der Waals surface area contributed by atoms with Gasteiger partial charge in [-0.05, 0) is 66.2 Å². The Morgan fingerprint density at radius 1 is 0.967 bits per heavy atom. The molecule has 0 aromatic rings. The lowest BCUT2D eigenvalue weighted by Crippen LogP contribution is -2.60. The SMILES string of the molecule is CC(C)(C)OC(=O)N1CCC(C)(N2CCC(N(C(N)=O)C3CCCCC3)CC2)CC1.[HH]. The van der Waals surface area contributed by atoms with Crippen molar-refractivity contribution in [1.29, 1.82) is 0 Å². The van der Waals surface area contributed by atoms with Crippen LogP contribution in [0.25, 0.3) is 0 Å². The summed E-state index contributed by atoms with van der Waals surface area (Å²) in [6, 6.07) is 0.366. The summed E-state index contributed by atoms with van der Waals surface area (Å²) in [5.41, 5.74) is 5.46. The predicted molar refractivity (Wildman–Crippen MR) is 120 cm³/mol. The number of hydrogen-bond acceptors (Lipinski definition) is 4. The third kappa shape index (κ3) is 5.59. The lowest BCUT2D eigenvalue weighted by Gasteiger charge is -2.50. The number of ether oxygens (including phenoxy) is 1. The molecule has 3 rings (SSSR count). The molecule has 0 bridgehead atoms. The van der Waals surface area contributed by atoms with E-state index in [1.54, 1.807) is 0 Å². The number of hydrogen-bond donors (Lipinski definition) is 1. The van der Waals surface area contributed by atoms with Crippen molar-refractivity contribution in [2.45, 2.75) is 109 Å². The summed E-state index contributed by atoms with van der Waals surface area (Å²) >= 11 is 0. The van der Waals surface area contributed by atoms with Crippen LogP contribution < -0.4 is 5.73 Å². The molecular weight excluding hydrogens is 380 g/mol. The second-order valence-electron chi connectivity index (χ2n) is 10.7. The highest BCUT2D eigenvalue weighted by molar-refractivity contribution is 5.73. The first kappa shape index (κ1) is 23.2. The minimum absolute atomic E-state index is 0. The number of carbonyl (C=O) groups is 2. The number of piperidine rings is 2. The van der Waals surface area contributed by atoms with E-state index in [-0.39, 0.29) is 25.1 Å². The van der Waals surface area contributed by atoms with Crippen LogP contribution >= 0.6 is 0 Å². The molecule has 2 N–H and O–H groups in total. The third-order valence-electron chi connectivity index (χ3n) is 7.34. The molecule has 174 valence electrons. The van der Waals surface area contributed by atoms with Crippen molar-refractivity contribution in [3.63, 3.8) is 0 Å². The van der Waals surface area contributed by atoms with E-state index in [9.17, 15) is 9.59 Å². The lowest BCUT2D eigenvalue weighted by atomic mass is 9.85. The lowest BCUT2D eigenvalue weighted by molar-refractivity contribution is -0.0153. The summed E-state index contributed by atoms with van der Waals surface area (Å²) in [5.74, 6) is 0. The fourth-order valence-corrected chi connectivity index (χ4v) is 5.51. The molecule has 3 amide bonds. The van der Waals surface area contributed by atoms with E-state index in [4.69, 9.17) is 10.5 Å². The van der Waals surface area contributed by atoms with Gasteiger partial charge in [0.25, 0.3) is 0 Å². The Hall–Kier alpha value is -1.50. The number of carbonyl (C=O) groups excluding carboxylic acids is 2. The fraction of sp³-hybridized carbons (Fsp3) is 0.913. The monoisotopic (exact) mass is 424 g/mol. The van der Waals surface area contributed by atoms with Gasteiger partial charge in [-0.25, -0.2) is 9.59 Å². The number of amides is 3. The Kier molecular flexibility index (Phi) is 7.20. The van der Waals surface area contributed by atoms with Crippen LogP contribution in [0.4, 0.5) is 9.59 Å². The van der Waals surface area contributed by atoms with E-state index in [2.05, 4.69) is 11.8 Å². The number of nitrogens with zero attached hydrogens (tertiary/aromatic N) is 3. The molecule has 2 heterocycles. The van der Waals surface area contributed by atoms with Gasteiger partial charge in [0.1, 0.15) is 5.60 Å². The zero-order chi connectivity index (χ0) is 21.9. The Bertz CT molecular complexity index is 602. The Morgan fingerprint density at radius 2 is 1.50 bits per heavy atom. The summed E-state index contributed by atoms with van der Waals surface area (Å²) in [5, 5.41) is 0. The summed E-state index contributed by atoms with van der Waals surface area (Å²) in [6.45, 7) is 11.5. The molecule has 7 heteroatoms. The summed E-state index contributed by atoms with van der Waals surface area (Å²) in [7, 11) is 0. The van der Waals surface area contributed by atoms with Crippen LogP contribution in [0.1, 0.15) is 86.9 Å². The molecule has 0 spiro atoms. The van der Waals surface area contributed by atoms with E-state index in [1.165, 1.54) is 19.3 Å². The van der Waals surface area contributed by atoms with Gasteiger partial charge in [0.2, 0.25) is 0 Å². The van der Waals surface area contributed by atoms with Crippen LogP contribution in [0, 0.1) is 0 Å². The third-order valence-corrected chi connectivity index (χ3v) is 7.34. The standard InChI is InChI=1S/C23H42N4O3.H2/c1-22(2,3)30-21(29)25-16-12-23(4,13-17-25)26-14-10-19(11-15-26)27(20(24)28)18-8-6-5-7-9-18;/h18-19H,5-17H2,1-4H3,(H2,24,28);1H. The number of rotatable bonds is 3. The minimum Gasteiger partial charge on any atom is -0.444 e. The van der Waals surface area contributed by atoms with Crippen LogP contribution in [0.2, 0.25) is 0 Å². The highest BCUT2D eigenvalue weighted by Gasteiger charge is 2.41. The highest BCUT2D eigenvalue weighted by Crippen LogP contribution is 2.34. The van der Waals surface area contributed by atoms with E-state index in [1.807, 2.05) is 30.6 Å². The maximum absolute atomic E-state index is 12.4. The topological polar surface area (TPSA) is 79.1 Å². The van der Waals surface area contributed by atoms with Gasteiger partial charge in [0.15, 0.2) is 0 Å². The fourth-order valence-electron chi connectivity index (χ4n) is 5.51. The zero-order valence-electron chi connectivity index (χ0n) is 19.5. The zero-order valence-corrected chi connectivity index (χ0v) is 19.5. The van der Waals surface area contributed by atoms with E-state index in [0.29, 0.717) is 6.04 Å². The van der Waals surface area contributed by atoms with Crippen molar-refractivity contribution >= 4 is 12.1 Å². The van der Waals surface area contributed by atoms with Gasteiger partial charge in [0.05, 0.1) is 0 Å². The first-order valence-corrected chi connectivity index (χ1v) is 11.9. The quantitative estimate of drug-likeness (QED) is 0.736. The highest BCUT2D eigenvalue weighted by atomic mass is 16.6. The van der Waals surface area contributed by atoms with Crippen LogP contribution in [0.3, 0.4) is 0 Å². The van der Waals surface area contributed by atoms with E-state index >= 15 is 0 Å². The molecule has 0 radical (unpaired) electrons. The van der Waals surface area contributed by atoms with Crippen LogP contribution in [0.15, 0.2) is 0 Å². The Balaban J connectivity index is 0.00000341. The summed E-state index contributed by atoms with van der Waals surface area (Å²) < 4.78 is 5.54. The van der Waals surface area contributed by atoms with Gasteiger partial charge in [-0.2, -0.15) is 0 Å². The van der Waals surface area contributed by atoms with Crippen LogP contribution in [-0.4, -0.2) is 76.2 Å². The Morgan fingerprint density at radius 3 is 2.00 bits per heavy atom. The molecule has 3 aliphatic rings. The summed E-state index contributed by atoms with van der Waals surface area (Å²) in [6.07, 6.45) is 9.59. The molecule has 0 aromatic carbocycles. The van der Waals surface area contributed by atoms with Gasteiger partial charge in [0, 0.05) is 45.2 Å². The van der Waals surface area contributed by atoms with Gasteiger partial charge >= 0.3 is 12.1 Å². The van der Waals surface area contributed by atoms with Gasteiger partial charge in [-0.15, -0.1) is 0 Å². The molecule has 0 atom stereocenters. The predicted octanol–water partition coefficient (Wildman–Crippen LogP) is 4.20. The minimum atomic E-state index is -0.454. The molecular formula is C23H44N4O3. The van der Waals surface area contributed by atoms with Crippen molar-refractivity contribution in [1.82, 2.24) is 14.7 Å². The molecule has 0 aromatic heterocycles. The van der Waals surface area contributed by atoms with Crippen molar-refractivity contribution in [2.24, 2.45) is 5.73 Å². The van der Waals surface area contributed by atoms with Gasteiger partial charge in [-0.1, -0.05) is 19.3 Å². The molecule has 3 fully saturated rings. The van der Waals surface area contributed by atoms with E-state index < -0.39 is 5.60 Å². The normalized spacial score (nSPS) is 24.5. The van der Waals surface area contributed by atoms with Crippen LogP contribution in [-0.2, 0) is 4.74 Å². The molecule has 30 heavy (non-hydrogen) atoms. The average molecular weight is 425 g/mol. The maximum atomic E-state index is 12.4. The maximum Gasteiger partial charge on any atom is 0.410 e. The summed E-state index contributed by atoms with van der Waals surface area (Å²) in [4.78, 5) is 31.0. The van der Waals surface area contributed by atoms with Gasteiger partial charge in [-0.3, -0.25) is 4.90 Å². The number of nitrogens with two attached hydrogens (primary N) is 1. The second kappa shape index (κ2) is 9.33. The largest absolute Gasteiger partial charge is 0.444 e. The smallest absolute Gasteiger partial charge is 0.410 e. The number of urea groups is 1. The van der Waals surface area contributed by atoms with Gasteiger partial charge < -0.3 is 20.3 Å². The number of primary amides is 1. The first-order valence-electron chi connectivity index (χ1n) is 11.9. The van der Waals surface area contributed by atoms with Crippen molar-refractivity contribution in [2.75, 3.05) is 26.2 Å². The number of likely N-dealkylation sites (tertiary alicyclic amines) is 2.